The van der Waals surface area contributed by atoms with Gasteiger partial charge in [0.2, 0.25) is 10.0 Å². The van der Waals surface area contributed by atoms with Crippen LogP contribution in [0.25, 0.3) is 22.0 Å². The first-order valence-electron chi connectivity index (χ1n) is 11.0. The number of hydrogen-bond donors (Lipinski definition) is 1. The molecule has 10 heteroatoms. The van der Waals surface area contributed by atoms with Crippen LogP contribution >= 0.6 is 11.6 Å². The van der Waals surface area contributed by atoms with E-state index in [9.17, 15) is 16.8 Å². The molecule has 1 aliphatic rings. The zero-order valence-corrected chi connectivity index (χ0v) is 20.9. The lowest BCUT2D eigenvalue weighted by Crippen LogP contribution is -2.37. The Morgan fingerprint density at radius 2 is 1.71 bits per heavy atom. The monoisotopic (exact) mass is 527 g/mol. The van der Waals surface area contributed by atoms with Crippen LogP contribution in [0, 0.1) is 0 Å². The van der Waals surface area contributed by atoms with Gasteiger partial charge in [0.25, 0.3) is 10.0 Å². The van der Waals surface area contributed by atoms with Gasteiger partial charge in [0.05, 0.1) is 27.1 Å². The molecule has 0 bridgehead atoms. The van der Waals surface area contributed by atoms with E-state index in [-0.39, 0.29) is 10.6 Å². The van der Waals surface area contributed by atoms with Crippen molar-refractivity contribution in [1.29, 1.82) is 0 Å². The van der Waals surface area contributed by atoms with Crippen LogP contribution in [0.4, 0.5) is 11.4 Å². The second-order valence-corrected chi connectivity index (χ2v) is 12.4. The minimum atomic E-state index is -3.93. The molecule has 0 saturated carbocycles. The van der Waals surface area contributed by atoms with Crippen molar-refractivity contribution in [3.05, 3.63) is 84.0 Å². The molecular formula is C25H22ClN3O4S2. The number of nitrogens with one attached hydrogen (secondary N) is 1. The summed E-state index contributed by atoms with van der Waals surface area (Å²) in [6, 6.07) is 20.4. The lowest BCUT2D eigenvalue weighted by atomic mass is 10.0. The summed E-state index contributed by atoms with van der Waals surface area (Å²) in [5, 5.41) is 2.35. The van der Waals surface area contributed by atoms with Gasteiger partial charge >= 0.3 is 0 Å². The summed E-state index contributed by atoms with van der Waals surface area (Å²) in [5.41, 5.74) is 2.05. The third-order valence-corrected chi connectivity index (χ3v) is 9.53. The van der Waals surface area contributed by atoms with Crippen molar-refractivity contribution in [3.63, 3.8) is 0 Å². The van der Waals surface area contributed by atoms with Crippen molar-refractivity contribution in [2.75, 3.05) is 21.3 Å². The summed E-state index contributed by atoms with van der Waals surface area (Å²) in [7, 11) is -7.30. The Kier molecular flexibility index (Phi) is 6.16. The van der Waals surface area contributed by atoms with Gasteiger partial charge in [0.15, 0.2) is 0 Å². The van der Waals surface area contributed by atoms with Crippen molar-refractivity contribution in [2.45, 2.75) is 17.7 Å². The van der Waals surface area contributed by atoms with E-state index in [1.54, 1.807) is 24.4 Å². The van der Waals surface area contributed by atoms with Gasteiger partial charge in [0, 0.05) is 29.4 Å². The van der Waals surface area contributed by atoms with Gasteiger partial charge in [-0.3, -0.25) is 14.0 Å². The third-order valence-electron chi connectivity index (χ3n) is 5.93. The van der Waals surface area contributed by atoms with Crippen LogP contribution in [0.1, 0.15) is 12.8 Å². The van der Waals surface area contributed by atoms with Gasteiger partial charge < -0.3 is 0 Å². The Balaban J connectivity index is 1.44. The van der Waals surface area contributed by atoms with E-state index in [1.807, 2.05) is 30.3 Å². The number of fused-ring (bicyclic) bond motifs is 1. The molecule has 0 unspecified atom stereocenters. The predicted molar refractivity (Wildman–Crippen MR) is 140 cm³/mol. The van der Waals surface area contributed by atoms with Crippen molar-refractivity contribution in [3.8, 4) is 11.3 Å². The molecule has 0 radical (unpaired) electrons. The molecule has 0 amide bonds. The SMILES string of the molecule is O=S(=O)(Nc1ccc(Cl)c(-c2nccc3ccccc23)c1)c1ccc(N2CCCCS2(=O)=O)cc1. The minimum absolute atomic E-state index is 0.0236. The summed E-state index contributed by atoms with van der Waals surface area (Å²) in [6.07, 6.45) is 3.09. The van der Waals surface area contributed by atoms with Crippen LogP contribution in [-0.2, 0) is 20.0 Å². The van der Waals surface area contributed by atoms with Gasteiger partial charge in [-0.05, 0) is 66.8 Å². The first-order chi connectivity index (χ1) is 16.7. The number of hydrogen-bond acceptors (Lipinski definition) is 5. The highest BCUT2D eigenvalue weighted by Gasteiger charge is 2.26. The molecule has 0 spiro atoms. The number of benzene rings is 3. The molecular weight excluding hydrogens is 506 g/mol. The van der Waals surface area contributed by atoms with Gasteiger partial charge in [-0.1, -0.05) is 35.9 Å². The number of sulfonamides is 2. The topological polar surface area (TPSA) is 96.4 Å². The largest absolute Gasteiger partial charge is 0.280 e. The number of pyridine rings is 1. The van der Waals surface area contributed by atoms with Gasteiger partial charge in [0.1, 0.15) is 0 Å². The zero-order chi connectivity index (χ0) is 24.6. The molecule has 3 aromatic carbocycles. The summed E-state index contributed by atoms with van der Waals surface area (Å²) >= 11 is 6.46. The van der Waals surface area contributed by atoms with Crippen molar-refractivity contribution < 1.29 is 16.8 Å². The highest BCUT2D eigenvalue weighted by molar-refractivity contribution is 7.93. The van der Waals surface area contributed by atoms with E-state index < -0.39 is 20.0 Å². The van der Waals surface area contributed by atoms with Crippen LogP contribution in [-0.4, -0.2) is 34.1 Å². The smallest absolute Gasteiger partial charge is 0.261 e. The maximum Gasteiger partial charge on any atom is 0.261 e. The molecule has 1 aromatic heterocycles. The molecule has 1 N–H and O–H groups in total. The van der Waals surface area contributed by atoms with Gasteiger partial charge in [-0.2, -0.15) is 0 Å². The van der Waals surface area contributed by atoms with Crippen LogP contribution in [0.15, 0.2) is 83.9 Å². The lowest BCUT2D eigenvalue weighted by Gasteiger charge is -2.28. The zero-order valence-electron chi connectivity index (χ0n) is 18.6. The molecule has 7 nitrogen and oxygen atoms in total. The molecule has 0 atom stereocenters. The fraction of sp³-hybridized carbons (Fsp3) is 0.160. The number of halogens is 1. The standard InChI is InChI=1S/C25H22ClN3O4S2/c26-24-12-7-19(17-23(24)25-22-6-2-1-5-18(22)13-14-27-25)28-35(32,33)21-10-8-20(9-11-21)29-15-3-4-16-34(29,30)31/h1-2,5-14,17,28H,3-4,15-16H2. The number of anilines is 2. The minimum Gasteiger partial charge on any atom is -0.280 e. The maximum absolute atomic E-state index is 13.1. The maximum atomic E-state index is 13.1. The Labute approximate surface area is 209 Å². The van der Waals surface area contributed by atoms with E-state index >= 15 is 0 Å². The number of nitrogens with zero attached hydrogens (tertiary/aromatic N) is 2. The molecule has 0 aliphatic carbocycles. The molecule has 1 aliphatic heterocycles. The Bertz CT molecular complexity index is 1620. The first-order valence-corrected chi connectivity index (χ1v) is 14.5. The van der Waals surface area contributed by atoms with E-state index in [0.717, 1.165) is 17.2 Å². The van der Waals surface area contributed by atoms with E-state index in [0.29, 0.717) is 40.6 Å². The lowest BCUT2D eigenvalue weighted by molar-refractivity contribution is 0.574. The third kappa shape index (κ3) is 4.71. The van der Waals surface area contributed by atoms with E-state index in [4.69, 9.17) is 11.6 Å². The fourth-order valence-corrected chi connectivity index (χ4v) is 7.09. The molecule has 5 rings (SSSR count). The normalized spacial score (nSPS) is 15.7. The van der Waals surface area contributed by atoms with Crippen molar-refractivity contribution in [2.24, 2.45) is 0 Å². The summed E-state index contributed by atoms with van der Waals surface area (Å²) < 4.78 is 54.8. The highest BCUT2D eigenvalue weighted by atomic mass is 35.5. The summed E-state index contributed by atoms with van der Waals surface area (Å²) in [5.74, 6) is 0.0963. The predicted octanol–water partition coefficient (Wildman–Crippen LogP) is 5.29. The molecule has 2 heterocycles. The number of rotatable bonds is 5. The van der Waals surface area contributed by atoms with Crippen molar-refractivity contribution in [1.82, 2.24) is 4.98 Å². The van der Waals surface area contributed by atoms with E-state index in [2.05, 4.69) is 9.71 Å². The molecule has 1 fully saturated rings. The van der Waals surface area contributed by atoms with E-state index in [1.165, 1.54) is 28.6 Å². The number of aromatic nitrogens is 1. The van der Waals surface area contributed by atoms with Gasteiger partial charge in [-0.15, -0.1) is 0 Å². The van der Waals surface area contributed by atoms with Crippen molar-refractivity contribution >= 4 is 53.8 Å². The average molecular weight is 528 g/mol. The van der Waals surface area contributed by atoms with Gasteiger partial charge in [-0.25, -0.2) is 16.8 Å². The first kappa shape index (κ1) is 23.6. The van der Waals surface area contributed by atoms with Crippen LogP contribution in [0.5, 0.6) is 0 Å². The fourth-order valence-electron chi connectivity index (χ4n) is 4.19. The average Bonchev–Trinajstić information content (AvgIpc) is 2.85. The summed E-state index contributed by atoms with van der Waals surface area (Å²) in [6.45, 7) is 0.391. The molecule has 4 aromatic rings. The second kappa shape index (κ2) is 9.14. The quantitative estimate of drug-likeness (QED) is 0.380. The Morgan fingerprint density at radius 1 is 0.943 bits per heavy atom. The Morgan fingerprint density at radius 3 is 2.49 bits per heavy atom. The summed E-state index contributed by atoms with van der Waals surface area (Å²) in [4.78, 5) is 4.51. The van der Waals surface area contributed by atoms with Crippen LogP contribution in [0.2, 0.25) is 5.02 Å². The molecule has 35 heavy (non-hydrogen) atoms. The van der Waals surface area contributed by atoms with Crippen LogP contribution < -0.4 is 9.03 Å². The second-order valence-electron chi connectivity index (χ2n) is 8.27. The molecule has 1 saturated heterocycles. The Hall–Kier alpha value is -3.14. The highest BCUT2D eigenvalue weighted by Crippen LogP contribution is 2.34. The van der Waals surface area contributed by atoms with Crippen LogP contribution in [0.3, 0.4) is 0 Å². The molecule has 180 valence electrons.